The van der Waals surface area contributed by atoms with Crippen LogP contribution in [0, 0.1) is 9.39 Å². The van der Waals surface area contributed by atoms with Crippen molar-refractivity contribution in [3.05, 3.63) is 68.0 Å². The highest BCUT2D eigenvalue weighted by molar-refractivity contribution is 14.1. The Morgan fingerprint density at radius 1 is 1.19 bits per heavy atom. The summed E-state index contributed by atoms with van der Waals surface area (Å²) in [6.45, 7) is 2.99. The van der Waals surface area contributed by atoms with Crippen molar-refractivity contribution in [2.75, 3.05) is 6.54 Å². The molecule has 0 bridgehead atoms. The summed E-state index contributed by atoms with van der Waals surface area (Å²) in [5.74, 6) is -0.361. The van der Waals surface area contributed by atoms with Crippen LogP contribution in [0.5, 0.6) is 0 Å². The first-order valence-corrected chi connectivity index (χ1v) is 8.49. The smallest absolute Gasteiger partial charge is 0.142 e. The molecule has 1 nitrogen and oxygen atoms in total. The van der Waals surface area contributed by atoms with E-state index in [1.807, 2.05) is 6.07 Å². The highest BCUT2D eigenvalue weighted by Crippen LogP contribution is 2.28. The van der Waals surface area contributed by atoms with Gasteiger partial charge in [0.25, 0.3) is 0 Å². The monoisotopic (exact) mass is 417 g/mol. The van der Waals surface area contributed by atoms with E-state index in [2.05, 4.69) is 59.1 Å². The molecule has 0 radical (unpaired) electrons. The average molecular weight is 418 g/mol. The first-order chi connectivity index (χ1) is 10.1. The first kappa shape index (κ1) is 16.7. The Kier molecular flexibility index (Phi) is 6.45. The summed E-state index contributed by atoms with van der Waals surface area (Å²) >= 11 is 8.43. The van der Waals surface area contributed by atoms with Gasteiger partial charge in [-0.05, 0) is 71.3 Å². The van der Waals surface area contributed by atoms with Gasteiger partial charge in [0.2, 0.25) is 0 Å². The van der Waals surface area contributed by atoms with E-state index in [4.69, 9.17) is 11.6 Å². The predicted octanol–water partition coefficient (Wildman–Crippen LogP) is 5.37. The summed E-state index contributed by atoms with van der Waals surface area (Å²) in [6, 6.07) is 13.4. The Morgan fingerprint density at radius 2 is 1.90 bits per heavy atom. The summed E-state index contributed by atoms with van der Waals surface area (Å²) in [5.41, 5.74) is 2.04. The van der Waals surface area contributed by atoms with Crippen LogP contribution in [0.2, 0.25) is 5.02 Å². The molecule has 0 saturated heterocycles. The van der Waals surface area contributed by atoms with Gasteiger partial charge < -0.3 is 5.32 Å². The van der Waals surface area contributed by atoms with Gasteiger partial charge in [-0.1, -0.05) is 42.8 Å². The lowest BCUT2D eigenvalue weighted by molar-refractivity contribution is 0.524. The molecule has 0 heterocycles. The second-order valence-corrected chi connectivity index (χ2v) is 6.60. The fraction of sp³-hybridized carbons (Fsp3) is 0.294. The van der Waals surface area contributed by atoms with Crippen LogP contribution >= 0.6 is 34.2 Å². The molecule has 0 aliphatic carbocycles. The molecule has 0 aromatic heterocycles. The minimum Gasteiger partial charge on any atom is -0.310 e. The van der Waals surface area contributed by atoms with E-state index < -0.39 is 0 Å². The Balaban J connectivity index is 2.25. The van der Waals surface area contributed by atoms with Gasteiger partial charge in [0.05, 0.1) is 5.02 Å². The highest BCUT2D eigenvalue weighted by atomic mass is 127. The largest absolute Gasteiger partial charge is 0.310 e. The fourth-order valence-corrected chi connectivity index (χ4v) is 2.87. The second kappa shape index (κ2) is 8.11. The molecule has 4 heteroatoms. The van der Waals surface area contributed by atoms with Crippen LogP contribution in [0.25, 0.3) is 0 Å². The first-order valence-electron chi connectivity index (χ1n) is 7.03. The molecular weight excluding hydrogens is 400 g/mol. The minimum atomic E-state index is -0.361. The van der Waals surface area contributed by atoms with Gasteiger partial charge in [-0.25, -0.2) is 4.39 Å². The van der Waals surface area contributed by atoms with Crippen molar-refractivity contribution in [3.63, 3.8) is 0 Å². The van der Waals surface area contributed by atoms with Crippen LogP contribution in [0.3, 0.4) is 0 Å². The summed E-state index contributed by atoms with van der Waals surface area (Å²) < 4.78 is 14.9. The summed E-state index contributed by atoms with van der Waals surface area (Å²) in [7, 11) is 0. The molecule has 0 aliphatic rings. The van der Waals surface area contributed by atoms with Gasteiger partial charge in [-0.2, -0.15) is 0 Å². The zero-order valence-electron chi connectivity index (χ0n) is 11.9. The molecule has 0 fully saturated rings. The fourth-order valence-electron chi connectivity index (χ4n) is 2.26. The Bertz CT molecular complexity index is 586. The number of hydrogen-bond acceptors (Lipinski definition) is 1. The molecule has 112 valence electrons. The Morgan fingerprint density at radius 3 is 2.57 bits per heavy atom. The van der Waals surface area contributed by atoms with Crippen molar-refractivity contribution < 1.29 is 4.39 Å². The molecule has 1 unspecified atom stereocenters. The molecule has 2 aromatic rings. The number of hydrogen-bond donors (Lipinski definition) is 1. The van der Waals surface area contributed by atoms with Crippen molar-refractivity contribution in [3.8, 4) is 0 Å². The number of nitrogens with one attached hydrogen (secondary N) is 1. The molecule has 0 spiro atoms. The molecular formula is C17H18ClFIN. The normalized spacial score (nSPS) is 12.4. The van der Waals surface area contributed by atoms with E-state index in [9.17, 15) is 4.39 Å². The van der Waals surface area contributed by atoms with Gasteiger partial charge in [0, 0.05) is 9.61 Å². The molecule has 0 aliphatic heterocycles. The van der Waals surface area contributed by atoms with Crippen molar-refractivity contribution >= 4 is 34.2 Å². The van der Waals surface area contributed by atoms with E-state index in [1.165, 1.54) is 15.2 Å². The molecule has 1 atom stereocenters. The number of rotatable bonds is 6. The van der Waals surface area contributed by atoms with Gasteiger partial charge in [0.15, 0.2) is 0 Å². The quantitative estimate of drug-likeness (QED) is 0.623. The predicted molar refractivity (Wildman–Crippen MR) is 95.3 cm³/mol. The molecule has 2 rings (SSSR count). The van der Waals surface area contributed by atoms with Crippen LogP contribution in [0.15, 0.2) is 42.5 Å². The van der Waals surface area contributed by atoms with E-state index >= 15 is 0 Å². The Labute approximate surface area is 144 Å². The van der Waals surface area contributed by atoms with Crippen LogP contribution in [-0.4, -0.2) is 6.54 Å². The summed E-state index contributed by atoms with van der Waals surface area (Å²) in [6.07, 6.45) is 1.82. The summed E-state index contributed by atoms with van der Waals surface area (Å²) in [4.78, 5) is 0. The van der Waals surface area contributed by atoms with E-state index in [-0.39, 0.29) is 16.9 Å². The molecule has 0 amide bonds. The molecule has 0 saturated carbocycles. The number of benzene rings is 2. The second-order valence-electron chi connectivity index (χ2n) is 4.98. The van der Waals surface area contributed by atoms with E-state index in [0.717, 1.165) is 24.9 Å². The SMILES string of the molecule is CCCNC(Cc1ccc(I)cc1)c1cccc(F)c1Cl. The zero-order chi connectivity index (χ0) is 15.2. The number of halogens is 3. The van der Waals surface area contributed by atoms with Crippen molar-refractivity contribution in [1.82, 2.24) is 5.32 Å². The lowest BCUT2D eigenvalue weighted by atomic mass is 9.98. The lowest BCUT2D eigenvalue weighted by Crippen LogP contribution is -2.24. The minimum absolute atomic E-state index is 0.0215. The third-order valence-electron chi connectivity index (χ3n) is 3.35. The van der Waals surface area contributed by atoms with Crippen LogP contribution in [-0.2, 0) is 6.42 Å². The third kappa shape index (κ3) is 4.66. The Hall–Kier alpha value is -0.650. The van der Waals surface area contributed by atoms with E-state index in [0.29, 0.717) is 0 Å². The maximum atomic E-state index is 13.7. The standard InChI is InChI=1S/C17H18ClFIN/c1-2-10-21-16(11-12-6-8-13(20)9-7-12)14-4-3-5-15(19)17(14)18/h3-9,16,21H,2,10-11H2,1H3. The van der Waals surface area contributed by atoms with Crippen LogP contribution in [0.4, 0.5) is 4.39 Å². The van der Waals surface area contributed by atoms with Gasteiger partial charge in [0.1, 0.15) is 5.82 Å². The van der Waals surface area contributed by atoms with Gasteiger partial charge in [-0.15, -0.1) is 0 Å². The van der Waals surface area contributed by atoms with E-state index in [1.54, 1.807) is 6.07 Å². The highest BCUT2D eigenvalue weighted by Gasteiger charge is 2.17. The lowest BCUT2D eigenvalue weighted by Gasteiger charge is -2.20. The van der Waals surface area contributed by atoms with Crippen molar-refractivity contribution in [2.24, 2.45) is 0 Å². The van der Waals surface area contributed by atoms with Crippen LogP contribution in [0.1, 0.15) is 30.5 Å². The summed E-state index contributed by atoms with van der Waals surface area (Å²) in [5, 5.41) is 3.68. The zero-order valence-corrected chi connectivity index (χ0v) is 14.8. The van der Waals surface area contributed by atoms with Crippen molar-refractivity contribution in [2.45, 2.75) is 25.8 Å². The van der Waals surface area contributed by atoms with Gasteiger partial charge in [-0.3, -0.25) is 0 Å². The topological polar surface area (TPSA) is 12.0 Å². The van der Waals surface area contributed by atoms with Crippen LogP contribution < -0.4 is 5.32 Å². The average Bonchev–Trinajstić information content (AvgIpc) is 2.48. The third-order valence-corrected chi connectivity index (χ3v) is 4.47. The van der Waals surface area contributed by atoms with Crippen molar-refractivity contribution in [1.29, 1.82) is 0 Å². The molecule has 2 aromatic carbocycles. The van der Waals surface area contributed by atoms with Gasteiger partial charge >= 0.3 is 0 Å². The maximum Gasteiger partial charge on any atom is 0.142 e. The molecule has 1 N–H and O–H groups in total. The molecule has 21 heavy (non-hydrogen) atoms. The maximum absolute atomic E-state index is 13.7.